The first-order chi connectivity index (χ1) is 8.25. The van der Waals surface area contributed by atoms with Gasteiger partial charge in [-0.25, -0.2) is 0 Å². The summed E-state index contributed by atoms with van der Waals surface area (Å²) in [5.74, 6) is 0.658. The van der Waals surface area contributed by atoms with E-state index in [0.717, 1.165) is 5.69 Å². The Hall–Kier alpha value is -1.31. The third-order valence-electron chi connectivity index (χ3n) is 3.83. The van der Waals surface area contributed by atoms with Gasteiger partial charge in [-0.3, -0.25) is 4.79 Å². The highest BCUT2D eigenvalue weighted by molar-refractivity contribution is 6.05. The second-order valence-corrected chi connectivity index (χ2v) is 6.63. The summed E-state index contributed by atoms with van der Waals surface area (Å²) in [7, 11) is 1.89. The second-order valence-electron chi connectivity index (χ2n) is 6.63. The number of amides is 1. The number of likely N-dealkylation sites (N-methyl/N-ethyl adjacent to an activating group) is 1. The Kier molecular flexibility index (Phi) is 3.00. The van der Waals surface area contributed by atoms with Gasteiger partial charge in [0.1, 0.15) is 0 Å². The van der Waals surface area contributed by atoms with Crippen molar-refractivity contribution in [2.45, 2.75) is 46.5 Å². The molecule has 1 unspecified atom stereocenters. The number of carbonyl (C=O) groups excluding carboxylic acids is 1. The molecule has 2 heteroatoms. The smallest absolute Gasteiger partial charge is 0.234 e. The van der Waals surface area contributed by atoms with Crippen LogP contribution in [-0.4, -0.2) is 13.0 Å². The Morgan fingerprint density at radius 1 is 1.22 bits per heavy atom. The van der Waals surface area contributed by atoms with Gasteiger partial charge in [0.2, 0.25) is 5.91 Å². The van der Waals surface area contributed by atoms with Crippen molar-refractivity contribution in [1.82, 2.24) is 0 Å². The fourth-order valence-electron chi connectivity index (χ4n) is 2.92. The molecule has 1 aliphatic heterocycles. The molecule has 18 heavy (non-hydrogen) atoms. The summed E-state index contributed by atoms with van der Waals surface area (Å²) in [6.45, 7) is 10.8. The van der Waals surface area contributed by atoms with Gasteiger partial charge in [0.15, 0.2) is 0 Å². The molecule has 2 rings (SSSR count). The summed E-state index contributed by atoms with van der Waals surface area (Å²) in [5.41, 5.74) is 3.60. The van der Waals surface area contributed by atoms with Gasteiger partial charge in [0, 0.05) is 12.7 Å². The molecule has 0 N–H and O–H groups in total. The summed E-state index contributed by atoms with van der Waals surface area (Å²) in [4.78, 5) is 14.3. The Bertz CT molecular complexity index is 482. The maximum absolute atomic E-state index is 12.5. The summed E-state index contributed by atoms with van der Waals surface area (Å²) >= 11 is 0. The third-order valence-corrected chi connectivity index (χ3v) is 3.83. The van der Waals surface area contributed by atoms with Gasteiger partial charge in [-0.1, -0.05) is 46.8 Å². The van der Waals surface area contributed by atoms with Gasteiger partial charge >= 0.3 is 0 Å². The van der Waals surface area contributed by atoms with E-state index in [1.165, 1.54) is 11.1 Å². The van der Waals surface area contributed by atoms with Crippen LogP contribution in [0.5, 0.6) is 0 Å². The van der Waals surface area contributed by atoms with E-state index in [0.29, 0.717) is 5.92 Å². The van der Waals surface area contributed by atoms with Crippen LogP contribution in [0.15, 0.2) is 18.2 Å². The van der Waals surface area contributed by atoms with Crippen LogP contribution in [0, 0.1) is 5.41 Å². The van der Waals surface area contributed by atoms with Gasteiger partial charge in [-0.2, -0.15) is 0 Å². The van der Waals surface area contributed by atoms with Crippen LogP contribution < -0.4 is 4.90 Å². The monoisotopic (exact) mass is 245 g/mol. The van der Waals surface area contributed by atoms with Crippen molar-refractivity contribution < 1.29 is 4.79 Å². The highest BCUT2D eigenvalue weighted by atomic mass is 16.2. The first kappa shape index (κ1) is 13.1. The molecule has 0 fully saturated rings. The number of nitrogens with zero attached hydrogens (tertiary/aromatic N) is 1. The van der Waals surface area contributed by atoms with E-state index in [1.807, 2.05) is 11.9 Å². The lowest BCUT2D eigenvalue weighted by Crippen LogP contribution is -2.31. The molecule has 1 heterocycles. The normalized spacial score (nSPS) is 19.6. The van der Waals surface area contributed by atoms with E-state index in [-0.39, 0.29) is 17.2 Å². The quantitative estimate of drug-likeness (QED) is 0.734. The van der Waals surface area contributed by atoms with Crippen LogP contribution in [0.1, 0.15) is 57.6 Å². The molecule has 0 aromatic heterocycles. The van der Waals surface area contributed by atoms with E-state index in [9.17, 15) is 4.79 Å². The van der Waals surface area contributed by atoms with Gasteiger partial charge in [-0.15, -0.1) is 0 Å². The zero-order valence-electron chi connectivity index (χ0n) is 12.2. The van der Waals surface area contributed by atoms with Crippen molar-refractivity contribution in [3.8, 4) is 0 Å². The zero-order chi connectivity index (χ0) is 13.7. The molecule has 1 aromatic carbocycles. The molecule has 0 radical (unpaired) electrons. The van der Waals surface area contributed by atoms with Crippen LogP contribution in [0.4, 0.5) is 5.69 Å². The van der Waals surface area contributed by atoms with Crippen molar-refractivity contribution in [2.75, 3.05) is 11.9 Å². The Morgan fingerprint density at radius 2 is 1.83 bits per heavy atom. The highest BCUT2D eigenvalue weighted by Crippen LogP contribution is 2.48. The molecule has 1 aliphatic rings. The van der Waals surface area contributed by atoms with Gasteiger partial charge in [-0.05, 0) is 28.5 Å². The number of fused-ring (bicyclic) bond motifs is 1. The standard InChI is InChI=1S/C16H23NO/c1-10(2)11-8-7-9-12-13(11)14(16(3,4)5)15(18)17(12)6/h7-10,14H,1-6H3. The first-order valence-corrected chi connectivity index (χ1v) is 6.65. The molecule has 0 saturated carbocycles. The van der Waals surface area contributed by atoms with Crippen LogP contribution in [0.2, 0.25) is 0 Å². The predicted octanol–water partition coefficient (Wildman–Crippen LogP) is 3.92. The van der Waals surface area contributed by atoms with E-state index in [4.69, 9.17) is 0 Å². The molecule has 2 nitrogen and oxygen atoms in total. The topological polar surface area (TPSA) is 20.3 Å². The number of hydrogen-bond donors (Lipinski definition) is 0. The molecule has 0 aliphatic carbocycles. The predicted molar refractivity (Wildman–Crippen MR) is 76.1 cm³/mol. The van der Waals surface area contributed by atoms with Gasteiger partial charge in [0.05, 0.1) is 5.92 Å². The molecular formula is C16H23NO. The molecule has 0 saturated heterocycles. The number of rotatable bonds is 1. The Labute approximate surface area is 110 Å². The molecular weight excluding hydrogens is 222 g/mol. The minimum Gasteiger partial charge on any atom is -0.315 e. The average Bonchev–Trinajstić information content (AvgIpc) is 2.51. The van der Waals surface area contributed by atoms with Crippen molar-refractivity contribution in [2.24, 2.45) is 5.41 Å². The van der Waals surface area contributed by atoms with E-state index in [2.05, 4.69) is 52.8 Å². The van der Waals surface area contributed by atoms with Crippen molar-refractivity contribution in [3.63, 3.8) is 0 Å². The van der Waals surface area contributed by atoms with E-state index < -0.39 is 0 Å². The third kappa shape index (κ3) is 1.84. The lowest BCUT2D eigenvalue weighted by Gasteiger charge is -2.27. The van der Waals surface area contributed by atoms with Crippen molar-refractivity contribution in [1.29, 1.82) is 0 Å². The molecule has 1 atom stereocenters. The van der Waals surface area contributed by atoms with Crippen LogP contribution in [-0.2, 0) is 4.79 Å². The van der Waals surface area contributed by atoms with Gasteiger partial charge in [0.25, 0.3) is 0 Å². The SMILES string of the molecule is CC(C)c1cccc2c1C(C(C)(C)C)C(=O)N2C. The number of anilines is 1. The number of benzene rings is 1. The Balaban J connectivity index is 2.68. The summed E-state index contributed by atoms with van der Waals surface area (Å²) in [5, 5.41) is 0. The summed E-state index contributed by atoms with van der Waals surface area (Å²) in [6.07, 6.45) is 0. The van der Waals surface area contributed by atoms with Crippen molar-refractivity contribution in [3.05, 3.63) is 29.3 Å². The van der Waals surface area contributed by atoms with Gasteiger partial charge < -0.3 is 4.90 Å². The van der Waals surface area contributed by atoms with Crippen LogP contribution in [0.25, 0.3) is 0 Å². The largest absolute Gasteiger partial charge is 0.315 e. The minimum atomic E-state index is -0.0401. The van der Waals surface area contributed by atoms with Crippen molar-refractivity contribution >= 4 is 11.6 Å². The summed E-state index contributed by atoms with van der Waals surface area (Å²) in [6, 6.07) is 6.28. The molecule has 1 aromatic rings. The fraction of sp³-hybridized carbons (Fsp3) is 0.562. The summed E-state index contributed by atoms with van der Waals surface area (Å²) < 4.78 is 0. The fourth-order valence-corrected chi connectivity index (χ4v) is 2.92. The second kappa shape index (κ2) is 4.11. The molecule has 0 bridgehead atoms. The highest BCUT2D eigenvalue weighted by Gasteiger charge is 2.43. The maximum atomic E-state index is 12.5. The number of hydrogen-bond acceptors (Lipinski definition) is 1. The van der Waals surface area contributed by atoms with E-state index in [1.54, 1.807) is 0 Å². The van der Waals surface area contributed by atoms with Crippen LogP contribution in [0.3, 0.4) is 0 Å². The minimum absolute atomic E-state index is 0.0175. The molecule has 0 spiro atoms. The Morgan fingerprint density at radius 3 is 2.33 bits per heavy atom. The molecule has 1 amide bonds. The van der Waals surface area contributed by atoms with Crippen LogP contribution >= 0.6 is 0 Å². The molecule has 98 valence electrons. The average molecular weight is 245 g/mol. The zero-order valence-corrected chi connectivity index (χ0v) is 12.2. The van der Waals surface area contributed by atoms with E-state index >= 15 is 0 Å². The first-order valence-electron chi connectivity index (χ1n) is 6.65. The number of carbonyl (C=O) groups is 1. The lowest BCUT2D eigenvalue weighted by atomic mass is 9.74. The lowest BCUT2D eigenvalue weighted by molar-refractivity contribution is -0.121. The maximum Gasteiger partial charge on any atom is 0.234 e.